The number of ether oxygens (including phenoxy) is 3. The maximum Gasteiger partial charge on any atom is 0.322 e. The summed E-state index contributed by atoms with van der Waals surface area (Å²) >= 11 is 0. The molecule has 28 heavy (non-hydrogen) atoms. The first-order valence-electron chi connectivity index (χ1n) is 9.01. The van der Waals surface area contributed by atoms with Crippen molar-refractivity contribution >= 4 is 23.3 Å². The maximum atomic E-state index is 12.7. The molecule has 1 atom stereocenters. The zero-order valence-corrected chi connectivity index (χ0v) is 15.7. The number of carbonyl (C=O) groups is 2. The van der Waals surface area contributed by atoms with E-state index in [1.165, 1.54) is 0 Å². The predicted molar refractivity (Wildman–Crippen MR) is 103 cm³/mol. The van der Waals surface area contributed by atoms with E-state index < -0.39 is 0 Å². The Bertz CT molecular complexity index is 930. The number of benzene rings is 2. The summed E-state index contributed by atoms with van der Waals surface area (Å²) in [7, 11) is 1.73. The molecule has 8 heteroatoms. The van der Waals surface area contributed by atoms with Crippen LogP contribution < -0.4 is 24.8 Å². The highest BCUT2D eigenvalue weighted by Gasteiger charge is 2.21. The number of nitrogens with zero attached hydrogens (tertiary/aromatic N) is 1. The molecule has 2 aliphatic rings. The van der Waals surface area contributed by atoms with Crippen LogP contribution in [0.4, 0.5) is 16.2 Å². The summed E-state index contributed by atoms with van der Waals surface area (Å²) in [6.45, 7) is 2.96. The lowest BCUT2D eigenvalue weighted by Gasteiger charge is -2.27. The molecule has 0 radical (unpaired) electrons. The van der Waals surface area contributed by atoms with Crippen molar-refractivity contribution in [3.8, 4) is 17.2 Å². The number of hydrogen-bond donors (Lipinski definition) is 2. The van der Waals surface area contributed by atoms with Crippen molar-refractivity contribution in [1.82, 2.24) is 4.90 Å². The smallest absolute Gasteiger partial charge is 0.322 e. The normalized spacial score (nSPS) is 15.6. The van der Waals surface area contributed by atoms with E-state index in [0.717, 1.165) is 11.3 Å². The van der Waals surface area contributed by atoms with Crippen LogP contribution >= 0.6 is 0 Å². The first-order valence-corrected chi connectivity index (χ1v) is 9.01. The van der Waals surface area contributed by atoms with Crippen LogP contribution in [0.1, 0.15) is 18.5 Å². The lowest BCUT2D eigenvalue weighted by molar-refractivity contribution is -0.118. The van der Waals surface area contributed by atoms with Gasteiger partial charge >= 0.3 is 6.03 Å². The van der Waals surface area contributed by atoms with Gasteiger partial charge in [-0.05, 0) is 36.8 Å². The molecule has 2 aliphatic heterocycles. The Kier molecular flexibility index (Phi) is 4.68. The summed E-state index contributed by atoms with van der Waals surface area (Å²) < 4.78 is 16.5. The number of urea groups is 1. The van der Waals surface area contributed by atoms with Gasteiger partial charge in [0.05, 0.1) is 11.7 Å². The Morgan fingerprint density at radius 2 is 1.86 bits per heavy atom. The summed E-state index contributed by atoms with van der Waals surface area (Å²) in [5.41, 5.74) is 2.12. The van der Waals surface area contributed by atoms with Gasteiger partial charge < -0.3 is 29.7 Å². The summed E-state index contributed by atoms with van der Waals surface area (Å²) in [5, 5.41) is 5.57. The Balaban J connectivity index is 1.45. The van der Waals surface area contributed by atoms with Crippen LogP contribution in [-0.2, 0) is 4.79 Å². The van der Waals surface area contributed by atoms with Gasteiger partial charge in [0.15, 0.2) is 18.1 Å². The molecule has 3 amide bonds. The Hall–Kier alpha value is -3.42. The predicted octanol–water partition coefficient (Wildman–Crippen LogP) is 3.01. The molecule has 0 spiro atoms. The van der Waals surface area contributed by atoms with Crippen LogP contribution in [0.15, 0.2) is 36.4 Å². The van der Waals surface area contributed by atoms with Gasteiger partial charge in [0, 0.05) is 18.8 Å². The van der Waals surface area contributed by atoms with Gasteiger partial charge in [-0.3, -0.25) is 4.79 Å². The standard InChI is InChI=1S/C20H21N3O5/c1-12(13-3-6-16-18(9-13)27-8-7-26-16)23(2)20(25)21-14-4-5-15-17(10-14)28-11-19(24)22-15/h3-6,9-10,12H,7-8,11H2,1-2H3,(H,21,25)(H,22,24)/t12-/m0/s1. The number of rotatable bonds is 3. The fourth-order valence-corrected chi connectivity index (χ4v) is 3.08. The minimum atomic E-state index is -0.262. The molecule has 2 N–H and O–H groups in total. The second-order valence-electron chi connectivity index (χ2n) is 6.67. The van der Waals surface area contributed by atoms with Crippen LogP contribution in [-0.4, -0.2) is 43.7 Å². The first-order chi connectivity index (χ1) is 13.5. The van der Waals surface area contributed by atoms with E-state index in [9.17, 15) is 9.59 Å². The molecule has 4 rings (SSSR count). The minimum Gasteiger partial charge on any atom is -0.486 e. The molecule has 0 saturated heterocycles. The number of carbonyl (C=O) groups excluding carboxylic acids is 2. The van der Waals surface area contributed by atoms with Gasteiger partial charge in [-0.15, -0.1) is 0 Å². The first kappa shape index (κ1) is 18.0. The minimum absolute atomic E-state index is 0.0363. The lowest BCUT2D eigenvalue weighted by atomic mass is 10.1. The van der Waals surface area contributed by atoms with Gasteiger partial charge in [0.25, 0.3) is 5.91 Å². The third kappa shape index (κ3) is 3.53. The molecule has 146 valence electrons. The Morgan fingerprint density at radius 3 is 2.68 bits per heavy atom. The van der Waals surface area contributed by atoms with E-state index >= 15 is 0 Å². The Labute approximate surface area is 162 Å². The van der Waals surface area contributed by atoms with Crippen LogP contribution in [0.3, 0.4) is 0 Å². The van der Waals surface area contributed by atoms with Gasteiger partial charge in [-0.2, -0.15) is 0 Å². The van der Waals surface area contributed by atoms with Crippen molar-refractivity contribution in [2.45, 2.75) is 13.0 Å². The van der Waals surface area contributed by atoms with E-state index in [4.69, 9.17) is 14.2 Å². The van der Waals surface area contributed by atoms with Crippen molar-refractivity contribution in [3.05, 3.63) is 42.0 Å². The molecule has 2 heterocycles. The van der Waals surface area contributed by atoms with Crippen molar-refractivity contribution < 1.29 is 23.8 Å². The third-order valence-electron chi connectivity index (χ3n) is 4.82. The fourth-order valence-electron chi connectivity index (χ4n) is 3.08. The quantitative estimate of drug-likeness (QED) is 0.851. The number of amides is 3. The summed E-state index contributed by atoms with van der Waals surface area (Å²) in [5.74, 6) is 1.74. The van der Waals surface area contributed by atoms with Crippen molar-refractivity contribution in [2.75, 3.05) is 37.5 Å². The van der Waals surface area contributed by atoms with Gasteiger partial charge in [0.2, 0.25) is 0 Å². The van der Waals surface area contributed by atoms with E-state index in [2.05, 4.69) is 10.6 Å². The van der Waals surface area contributed by atoms with Gasteiger partial charge in [-0.25, -0.2) is 4.79 Å². The van der Waals surface area contributed by atoms with E-state index in [1.807, 2.05) is 25.1 Å². The molecule has 2 aromatic rings. The second kappa shape index (κ2) is 7.30. The summed E-state index contributed by atoms with van der Waals surface area (Å²) in [6, 6.07) is 10.4. The summed E-state index contributed by atoms with van der Waals surface area (Å²) in [6.07, 6.45) is 0. The topological polar surface area (TPSA) is 89.1 Å². The highest BCUT2D eigenvalue weighted by Crippen LogP contribution is 2.34. The molecule has 0 fully saturated rings. The molecular formula is C20H21N3O5. The molecule has 2 aromatic carbocycles. The largest absolute Gasteiger partial charge is 0.486 e. The number of nitrogens with one attached hydrogen (secondary N) is 2. The van der Waals surface area contributed by atoms with Gasteiger partial charge in [0.1, 0.15) is 19.0 Å². The average Bonchev–Trinajstić information content (AvgIpc) is 2.72. The fraction of sp³-hybridized carbons (Fsp3) is 0.300. The maximum absolute atomic E-state index is 12.7. The molecule has 0 aromatic heterocycles. The third-order valence-corrected chi connectivity index (χ3v) is 4.82. The molecule has 0 aliphatic carbocycles. The van der Waals surface area contributed by atoms with Crippen LogP contribution in [0.5, 0.6) is 17.2 Å². The highest BCUT2D eigenvalue weighted by molar-refractivity contribution is 5.96. The average molecular weight is 383 g/mol. The Morgan fingerprint density at radius 1 is 1.07 bits per heavy atom. The van der Waals surface area contributed by atoms with Crippen molar-refractivity contribution in [2.24, 2.45) is 0 Å². The summed E-state index contributed by atoms with van der Waals surface area (Å²) in [4.78, 5) is 25.6. The van der Waals surface area contributed by atoms with E-state index in [-0.39, 0.29) is 24.6 Å². The highest BCUT2D eigenvalue weighted by atomic mass is 16.6. The van der Waals surface area contributed by atoms with Crippen LogP contribution in [0, 0.1) is 0 Å². The zero-order chi connectivity index (χ0) is 19.7. The second-order valence-corrected chi connectivity index (χ2v) is 6.67. The van der Waals surface area contributed by atoms with Gasteiger partial charge in [-0.1, -0.05) is 6.07 Å². The number of anilines is 2. The number of fused-ring (bicyclic) bond motifs is 2. The molecule has 0 unspecified atom stereocenters. The zero-order valence-electron chi connectivity index (χ0n) is 15.7. The monoisotopic (exact) mass is 383 g/mol. The van der Waals surface area contributed by atoms with E-state index in [0.29, 0.717) is 36.1 Å². The van der Waals surface area contributed by atoms with E-state index in [1.54, 1.807) is 30.1 Å². The molecule has 0 saturated carbocycles. The van der Waals surface area contributed by atoms with Crippen molar-refractivity contribution in [1.29, 1.82) is 0 Å². The lowest BCUT2D eigenvalue weighted by Crippen LogP contribution is -2.33. The van der Waals surface area contributed by atoms with Crippen LogP contribution in [0.25, 0.3) is 0 Å². The molecule has 0 bridgehead atoms. The molecule has 8 nitrogen and oxygen atoms in total. The molecular weight excluding hydrogens is 362 g/mol. The van der Waals surface area contributed by atoms with Crippen molar-refractivity contribution in [3.63, 3.8) is 0 Å². The SMILES string of the molecule is C[C@@H](c1ccc2c(c1)OCCO2)N(C)C(=O)Nc1ccc2c(c1)OCC(=O)N2. The van der Waals surface area contributed by atoms with Crippen LogP contribution in [0.2, 0.25) is 0 Å². The number of hydrogen-bond acceptors (Lipinski definition) is 5.